The van der Waals surface area contributed by atoms with Crippen molar-refractivity contribution in [2.45, 2.75) is 32.5 Å². The lowest BCUT2D eigenvalue weighted by molar-refractivity contribution is -0.137. The minimum atomic E-state index is -4.68. The number of anilines is 1. The fourth-order valence-electron chi connectivity index (χ4n) is 3.44. The first-order chi connectivity index (χ1) is 15.7. The summed E-state index contributed by atoms with van der Waals surface area (Å²) in [5.41, 5.74) is -2.01. The molecule has 3 amide bonds. The van der Waals surface area contributed by atoms with Gasteiger partial charge in [-0.2, -0.15) is 13.2 Å². The van der Waals surface area contributed by atoms with Gasteiger partial charge in [0, 0.05) is 0 Å². The molecule has 0 aromatic heterocycles. The largest absolute Gasteiger partial charge is 0.416 e. The number of hydrogen-bond donors (Lipinski definition) is 1. The van der Waals surface area contributed by atoms with Crippen LogP contribution < -0.4 is 5.32 Å². The van der Waals surface area contributed by atoms with Gasteiger partial charge >= 0.3 is 6.18 Å². The maximum atomic E-state index is 13.2. The van der Waals surface area contributed by atoms with Gasteiger partial charge in [-0.25, -0.2) is 0 Å². The fourth-order valence-corrected chi connectivity index (χ4v) is 4.62. The van der Waals surface area contributed by atoms with Gasteiger partial charge < -0.3 is 5.32 Å². The van der Waals surface area contributed by atoms with E-state index in [1.807, 2.05) is 0 Å². The van der Waals surface area contributed by atoms with Crippen molar-refractivity contribution >= 4 is 81.4 Å². The lowest BCUT2D eigenvalue weighted by Gasteiger charge is -2.27. The van der Waals surface area contributed by atoms with E-state index in [9.17, 15) is 27.6 Å². The minimum Gasteiger partial charge on any atom is -0.323 e. The zero-order chi connectivity index (χ0) is 25.7. The maximum absolute atomic E-state index is 13.2. The van der Waals surface area contributed by atoms with Crippen molar-refractivity contribution in [3.63, 3.8) is 0 Å². The van der Waals surface area contributed by atoms with Crippen molar-refractivity contribution in [3.8, 4) is 0 Å². The van der Waals surface area contributed by atoms with Crippen LogP contribution in [0.25, 0.3) is 0 Å². The van der Waals surface area contributed by atoms with E-state index in [0.717, 1.165) is 12.1 Å². The average Bonchev–Trinajstić information content (AvgIpc) is 2.99. The highest BCUT2D eigenvalue weighted by Crippen LogP contribution is 2.45. The molecule has 1 atom stereocenters. The van der Waals surface area contributed by atoms with E-state index < -0.39 is 35.5 Å². The number of benzene rings is 2. The molecule has 1 heterocycles. The number of nitrogens with zero attached hydrogens (tertiary/aromatic N) is 1. The van der Waals surface area contributed by atoms with Crippen molar-refractivity contribution in [3.05, 3.63) is 60.0 Å². The molecule has 0 bridgehead atoms. The Morgan fingerprint density at radius 3 is 1.88 bits per heavy atom. The van der Waals surface area contributed by atoms with Crippen molar-refractivity contribution in [2.75, 3.05) is 5.32 Å². The highest BCUT2D eigenvalue weighted by molar-refractivity contribution is 6.55. The Balaban J connectivity index is 2.04. The van der Waals surface area contributed by atoms with Gasteiger partial charge in [0.05, 0.1) is 47.5 Å². The van der Waals surface area contributed by atoms with Gasteiger partial charge in [0.1, 0.15) is 6.04 Å². The van der Waals surface area contributed by atoms with Gasteiger partial charge in [0.25, 0.3) is 11.8 Å². The molecule has 1 aliphatic heterocycles. The summed E-state index contributed by atoms with van der Waals surface area (Å²) in [4.78, 5) is 40.2. The molecule has 0 saturated carbocycles. The van der Waals surface area contributed by atoms with Crippen LogP contribution in [0.4, 0.5) is 18.9 Å². The fraction of sp³-hybridized carbons (Fsp3) is 0.286. The van der Waals surface area contributed by atoms with Crippen LogP contribution in [-0.2, 0) is 11.0 Å². The Labute approximate surface area is 217 Å². The van der Waals surface area contributed by atoms with Crippen LogP contribution in [0.2, 0.25) is 25.1 Å². The van der Waals surface area contributed by atoms with E-state index in [1.54, 1.807) is 13.8 Å². The molecule has 0 aliphatic carbocycles. The molecular formula is C21H14Cl5F3N2O3. The number of halogens is 8. The Morgan fingerprint density at radius 2 is 1.44 bits per heavy atom. The number of imide groups is 1. The van der Waals surface area contributed by atoms with Gasteiger partial charge in [0.2, 0.25) is 5.91 Å². The molecule has 13 heteroatoms. The van der Waals surface area contributed by atoms with Crippen molar-refractivity contribution in [1.29, 1.82) is 0 Å². The first kappa shape index (κ1) is 26.9. The SMILES string of the molecule is CC(C)C[C@H](C(=O)Nc1cc(C(F)(F)F)ccc1Cl)N1C(=O)c2c(Cl)c(Cl)c(Cl)c(Cl)c2C1=O. The summed E-state index contributed by atoms with van der Waals surface area (Å²) in [6, 6.07) is 0.957. The van der Waals surface area contributed by atoms with Crippen LogP contribution >= 0.6 is 58.0 Å². The van der Waals surface area contributed by atoms with Gasteiger partial charge in [-0.1, -0.05) is 71.9 Å². The molecule has 182 valence electrons. The second-order valence-electron chi connectivity index (χ2n) is 7.81. The molecule has 0 unspecified atom stereocenters. The third kappa shape index (κ3) is 4.84. The van der Waals surface area contributed by atoms with Crippen LogP contribution in [0.5, 0.6) is 0 Å². The average molecular weight is 577 g/mol. The predicted molar refractivity (Wildman–Crippen MR) is 125 cm³/mol. The topological polar surface area (TPSA) is 66.5 Å². The van der Waals surface area contributed by atoms with E-state index in [1.165, 1.54) is 0 Å². The van der Waals surface area contributed by atoms with Crippen molar-refractivity contribution in [2.24, 2.45) is 5.92 Å². The molecular weight excluding hydrogens is 563 g/mol. The Kier molecular flexibility index (Phi) is 7.70. The van der Waals surface area contributed by atoms with Crippen LogP contribution in [0.1, 0.15) is 46.5 Å². The normalized spacial score (nSPS) is 14.6. The van der Waals surface area contributed by atoms with Crippen LogP contribution in [0.15, 0.2) is 18.2 Å². The number of rotatable bonds is 5. The standard InChI is InChI=1S/C21H14Cl5F3N2O3/c1-7(2)5-11(18(32)30-10-6-8(21(27,28)29)3-4-9(10)22)31-19(33)12-13(20(31)34)15(24)17(26)16(25)14(12)23/h3-4,6-7,11H,5H2,1-2H3,(H,30,32)/t11-/m1/s1. The van der Waals surface area contributed by atoms with Gasteiger partial charge in [-0.3, -0.25) is 19.3 Å². The minimum absolute atomic E-state index is 0.0232. The number of carbonyl (C=O) groups is 3. The van der Waals surface area contributed by atoms with E-state index >= 15 is 0 Å². The zero-order valence-corrected chi connectivity index (χ0v) is 21.1. The molecule has 3 rings (SSSR count). The summed E-state index contributed by atoms with van der Waals surface area (Å²) in [5.74, 6) is -3.04. The van der Waals surface area contributed by atoms with Crippen LogP contribution in [0, 0.1) is 5.92 Å². The molecule has 0 fully saturated rings. The predicted octanol–water partition coefficient (Wildman–Crippen LogP) is 7.62. The zero-order valence-electron chi connectivity index (χ0n) is 17.3. The Hall–Kier alpha value is -1.71. The lowest BCUT2D eigenvalue weighted by atomic mass is 10.0. The maximum Gasteiger partial charge on any atom is 0.416 e. The Morgan fingerprint density at radius 1 is 0.941 bits per heavy atom. The highest BCUT2D eigenvalue weighted by Gasteiger charge is 2.47. The van der Waals surface area contributed by atoms with E-state index in [0.29, 0.717) is 11.0 Å². The Bertz CT molecular complexity index is 1170. The number of nitrogens with one attached hydrogen (secondary N) is 1. The summed E-state index contributed by atoms with van der Waals surface area (Å²) in [6.45, 7) is 3.45. The second kappa shape index (κ2) is 9.74. The lowest BCUT2D eigenvalue weighted by Crippen LogP contribution is -2.48. The number of fused-ring (bicyclic) bond motifs is 1. The summed E-state index contributed by atoms with van der Waals surface area (Å²) >= 11 is 30.3. The van der Waals surface area contributed by atoms with Crippen LogP contribution in [0.3, 0.4) is 0 Å². The number of amides is 3. The third-order valence-electron chi connectivity index (χ3n) is 4.99. The van der Waals surface area contributed by atoms with Crippen LogP contribution in [-0.4, -0.2) is 28.7 Å². The molecule has 5 nitrogen and oxygen atoms in total. The van der Waals surface area contributed by atoms with E-state index in [2.05, 4.69) is 5.32 Å². The molecule has 0 radical (unpaired) electrons. The van der Waals surface area contributed by atoms with Gasteiger partial charge in [-0.05, 0) is 30.5 Å². The summed E-state index contributed by atoms with van der Waals surface area (Å²) in [6.07, 6.45) is -4.71. The van der Waals surface area contributed by atoms with Gasteiger partial charge in [0.15, 0.2) is 0 Å². The second-order valence-corrected chi connectivity index (χ2v) is 9.73. The molecule has 34 heavy (non-hydrogen) atoms. The molecule has 0 spiro atoms. The number of carbonyl (C=O) groups excluding carboxylic acids is 3. The third-order valence-corrected chi connectivity index (χ3v) is 7.12. The molecule has 2 aromatic rings. The summed E-state index contributed by atoms with van der Waals surface area (Å²) in [7, 11) is 0. The van der Waals surface area contributed by atoms with E-state index in [-0.39, 0.29) is 54.3 Å². The number of alkyl halides is 3. The summed E-state index contributed by atoms with van der Waals surface area (Å²) in [5, 5.41) is 1.02. The summed E-state index contributed by atoms with van der Waals surface area (Å²) < 4.78 is 39.3. The van der Waals surface area contributed by atoms with Crippen molar-refractivity contribution < 1.29 is 27.6 Å². The molecule has 1 aliphatic rings. The first-order valence-corrected chi connectivity index (χ1v) is 11.5. The molecule has 2 aromatic carbocycles. The van der Waals surface area contributed by atoms with Crippen molar-refractivity contribution in [1.82, 2.24) is 4.90 Å². The van der Waals surface area contributed by atoms with E-state index in [4.69, 9.17) is 58.0 Å². The highest BCUT2D eigenvalue weighted by atomic mass is 35.5. The number of hydrogen-bond acceptors (Lipinski definition) is 3. The monoisotopic (exact) mass is 574 g/mol. The smallest absolute Gasteiger partial charge is 0.323 e. The van der Waals surface area contributed by atoms with Gasteiger partial charge in [-0.15, -0.1) is 0 Å². The molecule has 0 saturated heterocycles. The quantitative estimate of drug-likeness (QED) is 0.226. The molecule has 1 N–H and O–H groups in total. The first-order valence-electron chi connectivity index (χ1n) is 9.58.